The molecule has 29 heavy (non-hydrogen) atoms. The zero-order valence-corrected chi connectivity index (χ0v) is 16.5. The number of nitrogens with one attached hydrogen (secondary N) is 4. The van der Waals surface area contributed by atoms with E-state index in [-0.39, 0.29) is 5.78 Å². The summed E-state index contributed by atoms with van der Waals surface area (Å²) in [6, 6.07) is 20.5. The number of carbonyl (C=O) groups is 2. The van der Waals surface area contributed by atoms with Gasteiger partial charge in [0.1, 0.15) is 0 Å². The standard InChI is InChI=1S/C21H19N4O3P/c1-14-7-10-17(11-8-14)22-21(27)25-29(28)23-18-12-9-16(13-19(18)24-29)20(26)15-5-3-2-4-6-15/h2-13H,1H3,(H4,22,23,24,25,27,28). The van der Waals surface area contributed by atoms with Gasteiger partial charge in [-0.15, -0.1) is 0 Å². The van der Waals surface area contributed by atoms with E-state index >= 15 is 0 Å². The van der Waals surface area contributed by atoms with E-state index in [9.17, 15) is 14.2 Å². The molecule has 0 bridgehead atoms. The van der Waals surface area contributed by atoms with Crippen molar-refractivity contribution in [2.24, 2.45) is 0 Å². The van der Waals surface area contributed by atoms with Crippen LogP contribution in [-0.4, -0.2) is 11.8 Å². The number of hydrogen-bond acceptors (Lipinski definition) is 3. The Hall–Kier alpha value is -3.57. The molecule has 3 aromatic rings. The van der Waals surface area contributed by atoms with Crippen LogP contribution in [0.25, 0.3) is 0 Å². The Bertz CT molecular complexity index is 1130. The molecule has 0 spiro atoms. The van der Waals surface area contributed by atoms with Gasteiger partial charge in [-0.1, -0.05) is 48.0 Å². The summed E-state index contributed by atoms with van der Waals surface area (Å²) in [5.74, 6) is -0.137. The number of amides is 2. The summed E-state index contributed by atoms with van der Waals surface area (Å²) in [7, 11) is -3.45. The molecular formula is C21H19N4O3P. The molecule has 0 fully saturated rings. The first-order valence-corrected chi connectivity index (χ1v) is 10.7. The number of urea groups is 1. The Morgan fingerprint density at radius 1 is 0.828 bits per heavy atom. The lowest BCUT2D eigenvalue weighted by molar-refractivity contribution is 0.103. The molecule has 3 aromatic carbocycles. The van der Waals surface area contributed by atoms with E-state index in [1.807, 2.05) is 25.1 Å². The van der Waals surface area contributed by atoms with Crippen LogP contribution in [0, 0.1) is 6.92 Å². The van der Waals surface area contributed by atoms with Gasteiger partial charge in [-0.3, -0.25) is 14.4 Å². The highest BCUT2D eigenvalue weighted by Gasteiger charge is 2.33. The maximum Gasteiger partial charge on any atom is 0.356 e. The Morgan fingerprint density at radius 3 is 2.24 bits per heavy atom. The van der Waals surface area contributed by atoms with Crippen molar-refractivity contribution in [3.8, 4) is 0 Å². The molecule has 7 nitrogen and oxygen atoms in total. The molecule has 0 saturated carbocycles. The van der Waals surface area contributed by atoms with Crippen LogP contribution in [0.3, 0.4) is 0 Å². The van der Waals surface area contributed by atoms with Gasteiger partial charge in [-0.25, -0.2) is 4.79 Å². The van der Waals surface area contributed by atoms with Crippen molar-refractivity contribution in [1.82, 2.24) is 5.09 Å². The van der Waals surface area contributed by atoms with Gasteiger partial charge in [-0.2, -0.15) is 0 Å². The average Bonchev–Trinajstić information content (AvgIpc) is 3.04. The minimum absolute atomic E-state index is 0.137. The second kappa shape index (κ2) is 7.45. The monoisotopic (exact) mass is 406 g/mol. The SMILES string of the molecule is Cc1ccc(NC(=O)NP2(=O)Nc3ccc(C(=O)c4ccccc4)cc3N2)cc1. The van der Waals surface area contributed by atoms with Crippen molar-refractivity contribution in [3.63, 3.8) is 0 Å². The normalized spacial score (nSPS) is 16.9. The molecule has 1 atom stereocenters. The maximum absolute atomic E-state index is 13.0. The number of hydrogen-bond donors (Lipinski definition) is 4. The number of fused-ring (bicyclic) bond motifs is 1. The van der Waals surface area contributed by atoms with E-state index in [1.54, 1.807) is 54.6 Å². The minimum atomic E-state index is -3.45. The van der Waals surface area contributed by atoms with Crippen molar-refractivity contribution >= 4 is 36.5 Å². The van der Waals surface area contributed by atoms with Gasteiger partial charge >= 0.3 is 13.6 Å². The Morgan fingerprint density at radius 2 is 1.52 bits per heavy atom. The van der Waals surface area contributed by atoms with Crippen LogP contribution in [0.4, 0.5) is 21.9 Å². The van der Waals surface area contributed by atoms with Crippen LogP contribution in [0.1, 0.15) is 21.5 Å². The summed E-state index contributed by atoms with van der Waals surface area (Å²) in [6.07, 6.45) is 0. The van der Waals surface area contributed by atoms with Gasteiger partial charge in [0.05, 0.1) is 11.4 Å². The second-order valence-electron chi connectivity index (χ2n) is 6.72. The van der Waals surface area contributed by atoms with Crippen LogP contribution < -0.4 is 20.6 Å². The van der Waals surface area contributed by atoms with Crippen LogP contribution >= 0.6 is 7.59 Å². The number of anilines is 3. The fourth-order valence-electron chi connectivity index (χ4n) is 2.99. The Balaban J connectivity index is 1.46. The molecule has 8 heteroatoms. The Labute approximate surface area is 168 Å². The molecule has 1 heterocycles. The van der Waals surface area contributed by atoms with Gasteiger partial charge in [0.25, 0.3) is 0 Å². The summed E-state index contributed by atoms with van der Waals surface area (Å²) in [6.45, 7) is 1.95. The molecule has 1 aliphatic rings. The first-order valence-electron chi connectivity index (χ1n) is 8.98. The fourth-order valence-corrected chi connectivity index (χ4v) is 4.56. The van der Waals surface area contributed by atoms with E-state index in [0.29, 0.717) is 28.2 Å². The van der Waals surface area contributed by atoms with Crippen molar-refractivity contribution < 1.29 is 14.2 Å². The molecule has 1 aliphatic heterocycles. The number of rotatable bonds is 4. The third-order valence-electron chi connectivity index (χ3n) is 4.44. The third kappa shape index (κ3) is 4.15. The highest BCUT2D eigenvalue weighted by molar-refractivity contribution is 7.66. The van der Waals surface area contributed by atoms with E-state index in [0.717, 1.165) is 5.56 Å². The van der Waals surface area contributed by atoms with E-state index in [4.69, 9.17) is 0 Å². The first-order chi connectivity index (χ1) is 13.9. The van der Waals surface area contributed by atoms with Crippen molar-refractivity contribution in [2.75, 3.05) is 15.5 Å². The highest BCUT2D eigenvalue weighted by Crippen LogP contribution is 2.51. The zero-order valence-electron chi connectivity index (χ0n) is 15.6. The highest BCUT2D eigenvalue weighted by atomic mass is 31.2. The molecule has 0 aliphatic carbocycles. The molecule has 146 valence electrons. The van der Waals surface area contributed by atoms with Crippen molar-refractivity contribution in [2.45, 2.75) is 6.92 Å². The van der Waals surface area contributed by atoms with Gasteiger partial charge in [0.2, 0.25) is 0 Å². The topological polar surface area (TPSA) is 99.3 Å². The summed E-state index contributed by atoms with van der Waals surface area (Å²) in [5, 5.41) is 10.7. The van der Waals surface area contributed by atoms with Gasteiger partial charge in [-0.05, 0) is 37.3 Å². The van der Waals surface area contributed by atoms with E-state index in [2.05, 4.69) is 20.6 Å². The summed E-state index contributed by atoms with van der Waals surface area (Å²) < 4.78 is 13.0. The number of carbonyl (C=O) groups excluding carboxylic acids is 2. The lowest BCUT2D eigenvalue weighted by Gasteiger charge is -2.15. The quantitative estimate of drug-likeness (QED) is 0.361. The van der Waals surface area contributed by atoms with Crippen LogP contribution in [0.5, 0.6) is 0 Å². The smallest absolute Gasteiger partial charge is 0.308 e. The zero-order chi connectivity index (χ0) is 20.4. The van der Waals surface area contributed by atoms with E-state index in [1.165, 1.54) is 0 Å². The Kier molecular flexibility index (Phi) is 4.82. The number of ketones is 1. The summed E-state index contributed by atoms with van der Waals surface area (Å²) >= 11 is 0. The third-order valence-corrected chi connectivity index (χ3v) is 6.07. The molecule has 4 N–H and O–H groups in total. The van der Waals surface area contributed by atoms with Crippen molar-refractivity contribution in [1.29, 1.82) is 0 Å². The lowest BCUT2D eigenvalue weighted by Crippen LogP contribution is -2.29. The molecule has 2 amide bonds. The van der Waals surface area contributed by atoms with Gasteiger partial charge in [0, 0.05) is 16.8 Å². The number of aryl methyl sites for hydroxylation is 1. The number of benzene rings is 3. The summed E-state index contributed by atoms with van der Waals surface area (Å²) in [5.41, 5.74) is 3.73. The van der Waals surface area contributed by atoms with Crippen LogP contribution in [0.15, 0.2) is 72.8 Å². The van der Waals surface area contributed by atoms with Gasteiger partial charge in [0.15, 0.2) is 5.78 Å². The molecule has 0 saturated heterocycles. The predicted octanol–water partition coefficient (Wildman–Crippen LogP) is 4.99. The minimum Gasteiger partial charge on any atom is -0.308 e. The van der Waals surface area contributed by atoms with Gasteiger partial charge < -0.3 is 15.5 Å². The molecule has 0 radical (unpaired) electrons. The van der Waals surface area contributed by atoms with Crippen LogP contribution in [-0.2, 0) is 4.57 Å². The molecule has 0 aromatic heterocycles. The molecular weight excluding hydrogens is 387 g/mol. The second-order valence-corrected chi connectivity index (χ2v) is 8.61. The first kappa shape index (κ1) is 18.8. The molecule has 1 unspecified atom stereocenters. The van der Waals surface area contributed by atoms with Crippen LogP contribution in [0.2, 0.25) is 0 Å². The van der Waals surface area contributed by atoms with E-state index < -0.39 is 13.6 Å². The lowest BCUT2D eigenvalue weighted by atomic mass is 10.0. The maximum atomic E-state index is 13.0. The fraction of sp³-hybridized carbons (Fsp3) is 0.0476. The molecule has 4 rings (SSSR count). The summed E-state index contributed by atoms with van der Waals surface area (Å²) in [4.78, 5) is 24.9. The largest absolute Gasteiger partial charge is 0.356 e. The predicted molar refractivity (Wildman–Crippen MR) is 115 cm³/mol. The van der Waals surface area contributed by atoms with Crippen molar-refractivity contribution in [3.05, 3.63) is 89.5 Å². The average molecular weight is 406 g/mol.